The largest absolute Gasteiger partial charge is 0.508 e. The Labute approximate surface area is 242 Å². The predicted molar refractivity (Wildman–Crippen MR) is 158 cm³/mol. The van der Waals surface area contributed by atoms with Crippen LogP contribution in [-0.4, -0.2) is 81.5 Å². The number of nitrogens with zero attached hydrogens (tertiary/aromatic N) is 5. The summed E-state index contributed by atoms with van der Waals surface area (Å²) >= 11 is 6.61. The van der Waals surface area contributed by atoms with Gasteiger partial charge in [0.15, 0.2) is 11.5 Å². The summed E-state index contributed by atoms with van der Waals surface area (Å²) < 4.78 is 20.8. The fraction of sp³-hybridized carbons (Fsp3) is 0.452. The number of rotatable bonds is 5. The van der Waals surface area contributed by atoms with Crippen LogP contribution in [0, 0.1) is 0 Å². The molecular formula is C31H32ClFN6O2. The smallest absolute Gasteiger partial charge is 0.217 e. The number of halogens is 2. The first-order chi connectivity index (χ1) is 19.9. The Morgan fingerprint density at radius 2 is 1.98 bits per heavy atom. The molecule has 8 nitrogen and oxygen atoms in total. The number of benzene rings is 2. The van der Waals surface area contributed by atoms with Gasteiger partial charge in [-0.1, -0.05) is 23.7 Å². The van der Waals surface area contributed by atoms with Crippen LogP contribution in [0.3, 0.4) is 0 Å². The zero-order valence-corrected chi connectivity index (χ0v) is 23.4. The van der Waals surface area contributed by atoms with Gasteiger partial charge in [-0.05, 0) is 55.8 Å². The zero-order chi connectivity index (χ0) is 27.7. The number of aromatic hydroxyl groups is 1. The maximum atomic E-state index is 14.4. The number of hydrogen-bond donors (Lipinski definition) is 2. The van der Waals surface area contributed by atoms with Crippen LogP contribution in [0.2, 0.25) is 5.02 Å². The highest BCUT2D eigenvalue weighted by Crippen LogP contribution is 2.41. The minimum atomic E-state index is -0.811. The SMILES string of the molecule is Oc1cc(-c2ncc3c(N4CC5CCC(C4)N5)cc(OC[C@@]45CCCN4C[C@H](F)C5)nc3n2)c2c(Cl)cccc2c1. The first kappa shape index (κ1) is 25.4. The second-order valence-corrected chi connectivity index (χ2v) is 12.6. The van der Waals surface area contributed by atoms with Gasteiger partial charge in [-0.2, -0.15) is 4.98 Å². The lowest BCUT2D eigenvalue weighted by atomic mass is 9.95. The minimum Gasteiger partial charge on any atom is -0.508 e. The van der Waals surface area contributed by atoms with Crippen LogP contribution in [-0.2, 0) is 0 Å². The maximum absolute atomic E-state index is 14.4. The summed E-state index contributed by atoms with van der Waals surface area (Å²) in [5.74, 6) is 1.04. The summed E-state index contributed by atoms with van der Waals surface area (Å²) in [6.45, 7) is 3.60. The highest BCUT2D eigenvalue weighted by molar-refractivity contribution is 6.36. The molecule has 4 aliphatic rings. The van der Waals surface area contributed by atoms with Gasteiger partial charge in [-0.25, -0.2) is 14.4 Å². The van der Waals surface area contributed by atoms with E-state index in [9.17, 15) is 9.50 Å². The molecule has 0 spiro atoms. The van der Waals surface area contributed by atoms with Gasteiger partial charge < -0.3 is 20.1 Å². The molecule has 4 aromatic rings. The second kappa shape index (κ2) is 9.64. The number of nitrogens with one attached hydrogen (secondary N) is 1. The topological polar surface area (TPSA) is 86.6 Å². The quantitative estimate of drug-likeness (QED) is 0.340. The van der Waals surface area contributed by atoms with Gasteiger partial charge in [0, 0.05) is 66.4 Å². The molecule has 212 valence electrons. The maximum Gasteiger partial charge on any atom is 0.217 e. The summed E-state index contributed by atoms with van der Waals surface area (Å²) in [7, 11) is 0. The fourth-order valence-corrected chi connectivity index (χ4v) is 7.91. The van der Waals surface area contributed by atoms with Crippen molar-refractivity contribution >= 4 is 39.1 Å². The third-order valence-electron chi connectivity index (χ3n) is 9.48. The first-order valence-corrected chi connectivity index (χ1v) is 14.9. The molecule has 4 atom stereocenters. The number of phenols is 1. The summed E-state index contributed by atoms with van der Waals surface area (Å²) in [5, 5.41) is 17.2. The van der Waals surface area contributed by atoms with Crippen molar-refractivity contribution in [1.82, 2.24) is 25.2 Å². The van der Waals surface area contributed by atoms with E-state index in [1.54, 1.807) is 12.1 Å². The van der Waals surface area contributed by atoms with Crippen LogP contribution < -0.4 is 15.0 Å². The van der Waals surface area contributed by atoms with E-state index in [1.807, 2.05) is 30.5 Å². The van der Waals surface area contributed by atoms with E-state index < -0.39 is 6.17 Å². The van der Waals surface area contributed by atoms with Gasteiger partial charge in [0.05, 0.1) is 16.6 Å². The number of piperazine rings is 1. The predicted octanol–water partition coefficient (Wildman–Crippen LogP) is 5.10. The number of fused-ring (bicyclic) bond motifs is 5. The molecule has 2 aromatic carbocycles. The number of pyridine rings is 1. The Bertz CT molecular complexity index is 1660. The molecule has 4 saturated heterocycles. The summed E-state index contributed by atoms with van der Waals surface area (Å²) in [5.41, 5.74) is 1.90. The molecule has 2 bridgehead atoms. The van der Waals surface area contributed by atoms with Crippen molar-refractivity contribution in [2.24, 2.45) is 0 Å². The number of aromatic nitrogens is 3. The normalized spacial score (nSPS) is 27.7. The van der Waals surface area contributed by atoms with Crippen LogP contribution in [0.25, 0.3) is 33.2 Å². The van der Waals surface area contributed by atoms with Crippen molar-refractivity contribution < 1.29 is 14.2 Å². The Kier molecular flexibility index (Phi) is 5.98. The molecule has 8 rings (SSSR count). The van der Waals surface area contributed by atoms with E-state index >= 15 is 0 Å². The van der Waals surface area contributed by atoms with Gasteiger partial charge in [-0.15, -0.1) is 0 Å². The molecule has 2 aromatic heterocycles. The monoisotopic (exact) mass is 574 g/mol. The van der Waals surface area contributed by atoms with Crippen LogP contribution in [0.5, 0.6) is 11.6 Å². The van der Waals surface area contributed by atoms with Crippen molar-refractivity contribution in [3.8, 4) is 23.0 Å². The third-order valence-corrected chi connectivity index (χ3v) is 9.79. The Morgan fingerprint density at radius 1 is 1.12 bits per heavy atom. The third kappa shape index (κ3) is 4.37. The van der Waals surface area contributed by atoms with Crippen molar-refractivity contribution in [2.45, 2.75) is 55.9 Å². The van der Waals surface area contributed by atoms with Gasteiger partial charge in [0.1, 0.15) is 18.5 Å². The molecule has 6 heterocycles. The molecule has 10 heteroatoms. The molecule has 41 heavy (non-hydrogen) atoms. The summed E-state index contributed by atoms with van der Waals surface area (Å²) in [4.78, 5) is 19.2. The van der Waals surface area contributed by atoms with E-state index in [1.165, 1.54) is 12.8 Å². The van der Waals surface area contributed by atoms with Crippen LogP contribution in [0.4, 0.5) is 10.1 Å². The first-order valence-electron chi connectivity index (χ1n) is 14.6. The number of hydrogen-bond acceptors (Lipinski definition) is 8. The van der Waals surface area contributed by atoms with Crippen molar-refractivity contribution in [2.75, 3.05) is 37.7 Å². The molecular weight excluding hydrogens is 543 g/mol. The average molecular weight is 575 g/mol. The zero-order valence-electron chi connectivity index (χ0n) is 22.7. The van der Waals surface area contributed by atoms with Crippen molar-refractivity contribution in [1.29, 1.82) is 0 Å². The highest BCUT2D eigenvalue weighted by Gasteiger charge is 2.49. The Morgan fingerprint density at radius 3 is 2.83 bits per heavy atom. The summed E-state index contributed by atoms with van der Waals surface area (Å²) in [6, 6.07) is 11.8. The van der Waals surface area contributed by atoms with Crippen molar-refractivity contribution in [3.05, 3.63) is 47.6 Å². The lowest BCUT2D eigenvalue weighted by molar-refractivity contribution is 0.111. The number of phenolic OH excluding ortho intramolecular Hbond substituents is 1. The highest BCUT2D eigenvalue weighted by atomic mass is 35.5. The molecule has 0 saturated carbocycles. The average Bonchev–Trinajstić information content (AvgIpc) is 3.61. The molecule has 4 fully saturated rings. The van der Waals surface area contributed by atoms with Crippen LogP contribution in [0.1, 0.15) is 32.1 Å². The van der Waals surface area contributed by atoms with Crippen LogP contribution in [0.15, 0.2) is 42.6 Å². The molecule has 2 unspecified atom stereocenters. The van der Waals surface area contributed by atoms with E-state index in [0.717, 1.165) is 54.3 Å². The van der Waals surface area contributed by atoms with Crippen LogP contribution >= 0.6 is 11.6 Å². The molecule has 0 aliphatic carbocycles. The lowest BCUT2D eigenvalue weighted by Gasteiger charge is -2.35. The van der Waals surface area contributed by atoms with E-state index in [0.29, 0.717) is 59.6 Å². The molecule has 2 N–H and O–H groups in total. The van der Waals surface area contributed by atoms with Crippen molar-refractivity contribution in [3.63, 3.8) is 0 Å². The fourth-order valence-electron chi connectivity index (χ4n) is 7.63. The lowest BCUT2D eigenvalue weighted by Crippen LogP contribution is -2.51. The molecule has 0 radical (unpaired) electrons. The number of anilines is 1. The van der Waals surface area contributed by atoms with Gasteiger partial charge in [-0.3, -0.25) is 4.90 Å². The van der Waals surface area contributed by atoms with E-state index in [-0.39, 0.29) is 11.3 Å². The standard InChI is InChI=1S/C31H32ClFN6O2/c32-25-4-1-3-18-9-22(40)10-23(28(18)25)29-34-13-24-26(38-15-20-5-6-21(16-38)35-20)11-27(36-30(24)37-29)41-17-31-7-2-8-39(31)14-19(33)12-31/h1,3-4,9-11,13,19-21,35,40H,2,5-8,12,14-17H2/t19-,20?,21?,31+/m1/s1. The second-order valence-electron chi connectivity index (χ2n) is 12.1. The Hall–Kier alpha value is -3.27. The van der Waals surface area contributed by atoms with E-state index in [4.69, 9.17) is 31.3 Å². The number of alkyl halides is 1. The minimum absolute atomic E-state index is 0.114. The number of ether oxygens (including phenoxy) is 1. The van der Waals surface area contributed by atoms with E-state index in [2.05, 4.69) is 15.1 Å². The summed E-state index contributed by atoms with van der Waals surface area (Å²) in [6.07, 6.45) is 5.86. The Balaban J connectivity index is 1.23. The van der Waals surface area contributed by atoms with Gasteiger partial charge in [0.25, 0.3) is 0 Å². The molecule has 0 amide bonds. The van der Waals surface area contributed by atoms with Gasteiger partial charge >= 0.3 is 0 Å². The molecule has 4 aliphatic heterocycles. The van der Waals surface area contributed by atoms with Gasteiger partial charge in [0.2, 0.25) is 5.88 Å².